The molecule has 1 nitrogen and oxygen atoms in total. The number of aliphatic hydroxyl groups excluding tert-OH is 1. The topological polar surface area (TPSA) is 20.2 Å². The van der Waals surface area contributed by atoms with Crippen LogP contribution in [0.15, 0.2) is 0 Å². The maximum absolute atomic E-state index is 8.95. The van der Waals surface area contributed by atoms with Crippen LogP contribution >= 0.6 is 0 Å². The summed E-state index contributed by atoms with van der Waals surface area (Å²) in [6.07, 6.45) is 15.1. The molecule has 0 radical (unpaired) electrons. The molecule has 0 fully saturated rings. The first-order chi connectivity index (χ1) is 8.70. The van der Waals surface area contributed by atoms with Gasteiger partial charge in [0.15, 0.2) is 0 Å². The van der Waals surface area contributed by atoms with E-state index in [1.54, 1.807) is 0 Å². The Morgan fingerprint density at radius 1 is 0.667 bits per heavy atom. The summed E-state index contributed by atoms with van der Waals surface area (Å²) >= 11 is 0. The SMILES string of the molecule is CCCCCCCCC(C)CCCCC(C)CO. The Bertz CT molecular complexity index is 156. The molecule has 0 aliphatic carbocycles. The van der Waals surface area contributed by atoms with Gasteiger partial charge in [-0.2, -0.15) is 0 Å². The van der Waals surface area contributed by atoms with Crippen LogP contribution in [-0.2, 0) is 0 Å². The smallest absolute Gasteiger partial charge is 0.0456 e. The summed E-state index contributed by atoms with van der Waals surface area (Å²) in [5, 5.41) is 8.95. The van der Waals surface area contributed by atoms with E-state index in [0.717, 1.165) is 5.92 Å². The molecule has 0 saturated heterocycles. The first kappa shape index (κ1) is 18.0. The summed E-state index contributed by atoms with van der Waals surface area (Å²) in [5.41, 5.74) is 0. The molecule has 0 aliphatic heterocycles. The molecule has 2 unspecified atom stereocenters. The minimum absolute atomic E-state index is 0.354. The van der Waals surface area contributed by atoms with Gasteiger partial charge < -0.3 is 5.11 Å². The summed E-state index contributed by atoms with van der Waals surface area (Å²) in [7, 11) is 0. The minimum Gasteiger partial charge on any atom is -0.396 e. The molecule has 2 atom stereocenters. The van der Waals surface area contributed by atoms with E-state index in [1.807, 2.05) is 0 Å². The van der Waals surface area contributed by atoms with Gasteiger partial charge in [0.2, 0.25) is 0 Å². The second kappa shape index (κ2) is 13.4. The number of hydrogen-bond donors (Lipinski definition) is 1. The molecule has 0 amide bonds. The van der Waals surface area contributed by atoms with Gasteiger partial charge in [-0.25, -0.2) is 0 Å². The molecule has 1 heteroatoms. The zero-order valence-electron chi connectivity index (χ0n) is 13.1. The summed E-state index contributed by atoms with van der Waals surface area (Å²) in [5.74, 6) is 1.40. The van der Waals surface area contributed by atoms with Crippen molar-refractivity contribution in [2.24, 2.45) is 11.8 Å². The van der Waals surface area contributed by atoms with E-state index < -0.39 is 0 Å². The van der Waals surface area contributed by atoms with Crippen LogP contribution in [0.1, 0.15) is 91.4 Å². The third-order valence-corrected chi connectivity index (χ3v) is 4.01. The van der Waals surface area contributed by atoms with Gasteiger partial charge in [-0.15, -0.1) is 0 Å². The third-order valence-electron chi connectivity index (χ3n) is 4.01. The van der Waals surface area contributed by atoms with Gasteiger partial charge >= 0.3 is 0 Å². The lowest BCUT2D eigenvalue weighted by Gasteiger charge is -2.12. The first-order valence-corrected chi connectivity index (χ1v) is 8.31. The lowest BCUT2D eigenvalue weighted by Crippen LogP contribution is -2.01. The second-order valence-corrected chi connectivity index (χ2v) is 6.23. The van der Waals surface area contributed by atoms with Crippen LogP contribution in [0, 0.1) is 11.8 Å². The average Bonchev–Trinajstić information content (AvgIpc) is 2.38. The van der Waals surface area contributed by atoms with Crippen LogP contribution in [0.2, 0.25) is 0 Å². The highest BCUT2D eigenvalue weighted by Gasteiger charge is 2.03. The molecule has 1 N–H and O–H groups in total. The average molecular weight is 256 g/mol. The van der Waals surface area contributed by atoms with Crippen LogP contribution in [-0.4, -0.2) is 11.7 Å². The normalized spacial score (nSPS) is 14.7. The zero-order chi connectivity index (χ0) is 13.6. The van der Waals surface area contributed by atoms with Gasteiger partial charge in [0.25, 0.3) is 0 Å². The van der Waals surface area contributed by atoms with Crippen molar-refractivity contribution in [2.45, 2.75) is 91.4 Å². The highest BCUT2D eigenvalue weighted by Crippen LogP contribution is 2.18. The van der Waals surface area contributed by atoms with E-state index in [2.05, 4.69) is 20.8 Å². The second-order valence-electron chi connectivity index (χ2n) is 6.23. The van der Waals surface area contributed by atoms with E-state index in [4.69, 9.17) is 5.11 Å². The van der Waals surface area contributed by atoms with Crippen molar-refractivity contribution < 1.29 is 5.11 Å². The van der Waals surface area contributed by atoms with Crippen LogP contribution in [0.4, 0.5) is 0 Å². The van der Waals surface area contributed by atoms with Gasteiger partial charge in [-0.1, -0.05) is 85.0 Å². The van der Waals surface area contributed by atoms with Crippen molar-refractivity contribution in [1.29, 1.82) is 0 Å². The van der Waals surface area contributed by atoms with Gasteiger partial charge in [-0.05, 0) is 18.3 Å². The Hall–Kier alpha value is -0.0400. The monoisotopic (exact) mass is 256 g/mol. The number of unbranched alkanes of at least 4 members (excludes halogenated alkanes) is 6. The quantitative estimate of drug-likeness (QED) is 0.428. The lowest BCUT2D eigenvalue weighted by molar-refractivity contribution is 0.226. The van der Waals surface area contributed by atoms with E-state index in [1.165, 1.54) is 70.6 Å². The maximum Gasteiger partial charge on any atom is 0.0456 e. The molecule has 0 heterocycles. The van der Waals surface area contributed by atoms with E-state index in [9.17, 15) is 0 Å². The maximum atomic E-state index is 8.95. The summed E-state index contributed by atoms with van der Waals surface area (Å²) in [6, 6.07) is 0. The van der Waals surface area contributed by atoms with E-state index in [-0.39, 0.29) is 0 Å². The zero-order valence-corrected chi connectivity index (χ0v) is 13.1. The molecular formula is C17H36O. The molecular weight excluding hydrogens is 220 g/mol. The molecule has 0 aromatic rings. The lowest BCUT2D eigenvalue weighted by atomic mass is 9.95. The number of hydrogen-bond acceptors (Lipinski definition) is 1. The fraction of sp³-hybridized carbons (Fsp3) is 1.00. The third kappa shape index (κ3) is 12.4. The van der Waals surface area contributed by atoms with E-state index >= 15 is 0 Å². The molecule has 18 heavy (non-hydrogen) atoms. The molecule has 0 aromatic heterocycles. The van der Waals surface area contributed by atoms with Gasteiger partial charge in [0.05, 0.1) is 0 Å². The molecule has 0 bridgehead atoms. The summed E-state index contributed by atoms with van der Waals surface area (Å²) in [6.45, 7) is 7.17. The fourth-order valence-corrected chi connectivity index (χ4v) is 2.49. The Morgan fingerprint density at radius 3 is 1.67 bits per heavy atom. The highest BCUT2D eigenvalue weighted by molar-refractivity contribution is 4.57. The summed E-state index contributed by atoms with van der Waals surface area (Å²) in [4.78, 5) is 0. The van der Waals surface area contributed by atoms with Gasteiger partial charge in [-0.3, -0.25) is 0 Å². The molecule has 0 spiro atoms. The molecule has 0 rings (SSSR count). The molecule has 110 valence electrons. The van der Waals surface area contributed by atoms with E-state index in [0.29, 0.717) is 12.5 Å². The van der Waals surface area contributed by atoms with Crippen molar-refractivity contribution >= 4 is 0 Å². The van der Waals surface area contributed by atoms with Crippen molar-refractivity contribution in [2.75, 3.05) is 6.61 Å². The molecule has 0 aromatic carbocycles. The predicted octanol–water partition coefficient (Wildman–Crippen LogP) is 5.56. The van der Waals surface area contributed by atoms with Crippen molar-refractivity contribution in [1.82, 2.24) is 0 Å². The number of rotatable bonds is 13. The predicted molar refractivity (Wildman–Crippen MR) is 81.9 cm³/mol. The Morgan fingerprint density at radius 2 is 1.11 bits per heavy atom. The van der Waals surface area contributed by atoms with Crippen LogP contribution in [0.5, 0.6) is 0 Å². The summed E-state index contributed by atoms with van der Waals surface area (Å²) < 4.78 is 0. The first-order valence-electron chi connectivity index (χ1n) is 8.31. The van der Waals surface area contributed by atoms with Crippen LogP contribution in [0.25, 0.3) is 0 Å². The Kier molecular flexibility index (Phi) is 13.4. The minimum atomic E-state index is 0.354. The highest BCUT2D eigenvalue weighted by atomic mass is 16.3. The van der Waals surface area contributed by atoms with Crippen LogP contribution in [0.3, 0.4) is 0 Å². The fourth-order valence-electron chi connectivity index (χ4n) is 2.49. The molecule has 0 saturated carbocycles. The van der Waals surface area contributed by atoms with Gasteiger partial charge in [0, 0.05) is 6.61 Å². The van der Waals surface area contributed by atoms with Crippen molar-refractivity contribution in [3.8, 4) is 0 Å². The largest absolute Gasteiger partial charge is 0.396 e. The molecule has 0 aliphatic rings. The van der Waals surface area contributed by atoms with Gasteiger partial charge in [0.1, 0.15) is 0 Å². The Balaban J connectivity index is 3.19. The van der Waals surface area contributed by atoms with Crippen molar-refractivity contribution in [3.63, 3.8) is 0 Å². The Labute approximate surface area is 115 Å². The number of aliphatic hydroxyl groups is 1. The standard InChI is InChI=1S/C17H36O/c1-4-5-6-7-8-9-12-16(2)13-10-11-14-17(3)15-18/h16-18H,4-15H2,1-3H3. The van der Waals surface area contributed by atoms with Crippen LogP contribution < -0.4 is 0 Å². The van der Waals surface area contributed by atoms with Crippen molar-refractivity contribution in [3.05, 3.63) is 0 Å².